The number of nitrogens with zero attached hydrogens (tertiary/aromatic N) is 2. The molecule has 3 aliphatic heterocycles. The molecule has 3 saturated carbocycles. The average Bonchev–Trinajstić information content (AvgIpc) is 3.94. The third kappa shape index (κ3) is 7.29. The van der Waals surface area contributed by atoms with Crippen molar-refractivity contribution < 1.29 is 37.1 Å². The third-order valence-corrected chi connectivity index (χ3v) is 15.2. The first-order valence-electron chi connectivity index (χ1n) is 19.8. The van der Waals surface area contributed by atoms with Gasteiger partial charge in [-0.25, -0.2) is 18.2 Å². The quantitative estimate of drug-likeness (QED) is 0.340. The smallest absolute Gasteiger partial charge is 0.408 e. The minimum absolute atomic E-state index is 0.0570. The molecule has 3 aliphatic carbocycles. The van der Waals surface area contributed by atoms with E-state index in [1.807, 2.05) is 31.2 Å². The molecule has 296 valence electrons. The Hall–Kier alpha value is -3.91. The van der Waals surface area contributed by atoms with E-state index >= 15 is 0 Å². The Labute approximate surface area is 326 Å². The number of carbonyl (C=O) groups is 4. The maximum absolute atomic E-state index is 14.8. The molecule has 4 heterocycles. The second-order valence-corrected chi connectivity index (χ2v) is 19.5. The van der Waals surface area contributed by atoms with Crippen molar-refractivity contribution in [2.45, 2.75) is 144 Å². The molecule has 1 spiro atoms. The number of allylic oxidation sites excluding steroid dienone is 1. The number of amides is 4. The maximum Gasteiger partial charge on any atom is 0.408 e. The standard InChI is InChI=1S/C40H50ClN5O8S/c1-24-33-28(29-20-26(41)14-15-30(29)42-24)16-17-39(54-33)22-32-34(47)44-40(36(49)45-55(51,52)38(2)18-19-38)21-25(40)10-6-4-3-5-7-13-31(35(48)46(32)23-39)43-37(50)53-27-11-8-9-12-27/h6,10,14-15,20,25,27,31-32H,3-5,7-9,11-13,16-19,21-23H2,1-2H3,(H,43,50)(H,44,47)(H,45,49)/b10-6-/t25-,31+,32+,39-,40-/m1/s1. The number of alkyl carbamates (subject to hydrolysis) is 1. The Morgan fingerprint density at radius 1 is 1.05 bits per heavy atom. The van der Waals surface area contributed by atoms with E-state index in [1.54, 1.807) is 13.0 Å². The van der Waals surface area contributed by atoms with Crippen LogP contribution in [-0.4, -0.2) is 82.7 Å². The highest BCUT2D eigenvalue weighted by Crippen LogP contribution is 2.49. The van der Waals surface area contributed by atoms with Crippen LogP contribution in [0.3, 0.4) is 0 Å². The van der Waals surface area contributed by atoms with E-state index in [9.17, 15) is 27.6 Å². The number of carbonyl (C=O) groups excluding carboxylic acids is 4. The summed E-state index contributed by atoms with van der Waals surface area (Å²) < 4.78 is 40.3. The molecule has 0 unspecified atom stereocenters. The Bertz CT molecular complexity index is 2070. The average molecular weight is 796 g/mol. The predicted molar refractivity (Wildman–Crippen MR) is 205 cm³/mol. The molecule has 1 aromatic carbocycles. The highest BCUT2D eigenvalue weighted by molar-refractivity contribution is 7.91. The zero-order valence-corrected chi connectivity index (χ0v) is 33.0. The number of fused-ring (bicyclic) bond motifs is 5. The number of aromatic nitrogens is 1. The zero-order chi connectivity index (χ0) is 38.8. The molecular weight excluding hydrogens is 746 g/mol. The van der Waals surface area contributed by atoms with Crippen LogP contribution in [0.4, 0.5) is 4.79 Å². The van der Waals surface area contributed by atoms with Crippen molar-refractivity contribution in [3.8, 4) is 5.75 Å². The molecule has 4 amide bonds. The summed E-state index contributed by atoms with van der Waals surface area (Å²) in [5.74, 6) is -1.62. The fourth-order valence-corrected chi connectivity index (χ4v) is 10.5. The van der Waals surface area contributed by atoms with Crippen molar-refractivity contribution in [2.75, 3.05) is 6.54 Å². The largest absolute Gasteiger partial charge is 0.483 e. The van der Waals surface area contributed by atoms with Gasteiger partial charge in [0.05, 0.1) is 22.5 Å². The topological polar surface area (TPSA) is 173 Å². The summed E-state index contributed by atoms with van der Waals surface area (Å²) in [5, 5.41) is 7.26. The molecule has 6 aliphatic rings. The van der Waals surface area contributed by atoms with Gasteiger partial charge in [-0.2, -0.15) is 0 Å². The van der Waals surface area contributed by atoms with E-state index in [0.717, 1.165) is 55.0 Å². The molecule has 5 atom stereocenters. The molecule has 2 aromatic rings. The van der Waals surface area contributed by atoms with Crippen LogP contribution in [0.5, 0.6) is 5.75 Å². The van der Waals surface area contributed by atoms with Crippen LogP contribution in [-0.2, 0) is 35.6 Å². The highest BCUT2D eigenvalue weighted by atomic mass is 35.5. The number of nitrogens with one attached hydrogen (secondary N) is 3. The van der Waals surface area contributed by atoms with E-state index in [2.05, 4.69) is 15.4 Å². The van der Waals surface area contributed by atoms with E-state index < -0.39 is 67.7 Å². The second kappa shape index (κ2) is 14.2. The number of halogens is 1. The SMILES string of the molecule is Cc1nc2ccc(Cl)cc2c2c1O[C@]1(CC2)C[C@H]2C(=O)N[C@]3(C(=O)NS(=O)(=O)C4(C)CC4)C[C@H]3/C=C\CCCCC[C@H](NC(=O)OC3CCCC3)C(=O)N2C1. The van der Waals surface area contributed by atoms with Crippen molar-refractivity contribution >= 4 is 56.3 Å². The number of hydrogen-bond donors (Lipinski definition) is 3. The molecule has 55 heavy (non-hydrogen) atoms. The second-order valence-electron chi connectivity index (χ2n) is 16.9. The van der Waals surface area contributed by atoms with E-state index in [4.69, 9.17) is 26.1 Å². The molecule has 1 aromatic heterocycles. The van der Waals surface area contributed by atoms with Crippen molar-refractivity contribution in [1.29, 1.82) is 0 Å². The van der Waals surface area contributed by atoms with Crippen LogP contribution in [0.2, 0.25) is 5.02 Å². The summed E-state index contributed by atoms with van der Waals surface area (Å²) in [6.45, 7) is 3.53. The molecule has 0 bridgehead atoms. The van der Waals surface area contributed by atoms with Gasteiger partial charge in [0.15, 0.2) is 0 Å². The summed E-state index contributed by atoms with van der Waals surface area (Å²) in [4.78, 5) is 62.9. The van der Waals surface area contributed by atoms with Crippen molar-refractivity contribution in [2.24, 2.45) is 5.92 Å². The minimum atomic E-state index is -3.98. The Balaban J connectivity index is 1.12. The normalized spacial score (nSPS) is 31.2. The lowest BCUT2D eigenvalue weighted by Gasteiger charge is -2.36. The summed E-state index contributed by atoms with van der Waals surface area (Å²) in [7, 11) is -3.98. The number of hydrogen-bond acceptors (Lipinski definition) is 9. The van der Waals surface area contributed by atoms with Crippen molar-refractivity contribution in [1.82, 2.24) is 25.2 Å². The highest BCUT2D eigenvalue weighted by Gasteiger charge is 2.64. The molecular formula is C40H50ClN5O8S. The Morgan fingerprint density at radius 2 is 1.82 bits per heavy atom. The fourth-order valence-electron chi connectivity index (χ4n) is 9.00. The summed E-state index contributed by atoms with van der Waals surface area (Å²) >= 11 is 6.39. The summed E-state index contributed by atoms with van der Waals surface area (Å²) in [6.07, 6.45) is 12.1. The van der Waals surface area contributed by atoms with E-state index in [-0.39, 0.29) is 25.5 Å². The third-order valence-electron chi connectivity index (χ3n) is 12.8. The monoisotopic (exact) mass is 795 g/mol. The number of pyridine rings is 1. The van der Waals surface area contributed by atoms with Crippen molar-refractivity contribution in [3.63, 3.8) is 0 Å². The van der Waals surface area contributed by atoms with Gasteiger partial charge in [-0.15, -0.1) is 0 Å². The number of aryl methyl sites for hydroxylation is 2. The van der Waals surface area contributed by atoms with Gasteiger partial charge in [0.1, 0.15) is 35.1 Å². The van der Waals surface area contributed by atoms with Gasteiger partial charge in [0.25, 0.3) is 5.91 Å². The van der Waals surface area contributed by atoms with Crippen LogP contribution < -0.4 is 20.1 Å². The maximum atomic E-state index is 14.8. The predicted octanol–water partition coefficient (Wildman–Crippen LogP) is 5.29. The number of sulfonamides is 1. The first kappa shape index (κ1) is 38.0. The lowest BCUT2D eigenvalue weighted by molar-refractivity contribution is -0.141. The molecule has 8 rings (SSSR count). The van der Waals surface area contributed by atoms with Crippen LogP contribution in [0, 0.1) is 12.8 Å². The molecule has 13 nitrogen and oxygen atoms in total. The van der Waals surface area contributed by atoms with Gasteiger partial charge in [-0.05, 0) is 109 Å². The Kier molecular flexibility index (Phi) is 9.83. The molecule has 1 saturated heterocycles. The molecule has 3 N–H and O–H groups in total. The Morgan fingerprint density at radius 3 is 2.58 bits per heavy atom. The van der Waals surface area contributed by atoms with Gasteiger partial charge in [0, 0.05) is 28.3 Å². The first-order chi connectivity index (χ1) is 26.2. The van der Waals surface area contributed by atoms with Crippen LogP contribution in [0.25, 0.3) is 10.9 Å². The van der Waals surface area contributed by atoms with Gasteiger partial charge in [0.2, 0.25) is 21.8 Å². The fraction of sp³-hybridized carbons (Fsp3) is 0.625. The lowest BCUT2D eigenvalue weighted by Crippen LogP contribution is -2.58. The summed E-state index contributed by atoms with van der Waals surface area (Å²) in [6, 6.07) is 3.50. The van der Waals surface area contributed by atoms with Crippen LogP contribution in [0.15, 0.2) is 30.4 Å². The molecule has 4 fully saturated rings. The zero-order valence-electron chi connectivity index (χ0n) is 31.5. The number of ether oxygens (including phenoxy) is 2. The number of rotatable bonds is 5. The summed E-state index contributed by atoms with van der Waals surface area (Å²) in [5.41, 5.74) is -0.0586. The van der Waals surface area contributed by atoms with Crippen molar-refractivity contribution in [3.05, 3.63) is 46.6 Å². The van der Waals surface area contributed by atoms with Gasteiger partial charge >= 0.3 is 6.09 Å². The van der Waals surface area contributed by atoms with Gasteiger partial charge < -0.3 is 25.0 Å². The first-order valence-corrected chi connectivity index (χ1v) is 21.7. The minimum Gasteiger partial charge on any atom is -0.483 e. The van der Waals surface area contributed by atoms with Gasteiger partial charge in [-0.3, -0.25) is 19.1 Å². The molecule has 15 heteroatoms. The van der Waals surface area contributed by atoms with Crippen LogP contribution >= 0.6 is 11.6 Å². The van der Waals surface area contributed by atoms with Crippen LogP contribution in [0.1, 0.15) is 108 Å². The number of benzene rings is 1. The lowest BCUT2D eigenvalue weighted by atomic mass is 9.87. The van der Waals surface area contributed by atoms with Gasteiger partial charge in [-0.1, -0.05) is 36.6 Å². The van der Waals surface area contributed by atoms with E-state index in [1.165, 1.54) is 4.90 Å². The molecule has 0 radical (unpaired) electrons. The van der Waals surface area contributed by atoms with E-state index in [0.29, 0.717) is 61.4 Å².